The third-order valence-corrected chi connectivity index (χ3v) is 4.44. The van der Waals surface area contributed by atoms with Crippen molar-refractivity contribution in [2.75, 3.05) is 0 Å². The highest BCUT2D eigenvalue weighted by atomic mass is 16.1. The first-order valence-corrected chi connectivity index (χ1v) is 8.07. The summed E-state index contributed by atoms with van der Waals surface area (Å²) >= 11 is 0. The predicted molar refractivity (Wildman–Crippen MR) is 87.6 cm³/mol. The zero-order chi connectivity index (χ0) is 15.0. The summed E-state index contributed by atoms with van der Waals surface area (Å²) in [5, 5.41) is 0. The SMILES string of the molecule is C\C=C/C=C(\C=C\C)C(=O)CC1CCC(C(C)C)CC1. The molecule has 0 aromatic carbocycles. The molecule has 0 heterocycles. The van der Waals surface area contributed by atoms with E-state index in [4.69, 9.17) is 0 Å². The second kappa shape index (κ2) is 8.94. The molecule has 1 heteroatoms. The molecule has 0 aromatic rings. The van der Waals surface area contributed by atoms with Crippen molar-refractivity contribution >= 4 is 5.78 Å². The van der Waals surface area contributed by atoms with E-state index in [1.165, 1.54) is 25.7 Å². The smallest absolute Gasteiger partial charge is 0.163 e. The third-order valence-electron chi connectivity index (χ3n) is 4.44. The minimum atomic E-state index is 0.300. The number of Topliss-reactive ketones (excluding diaryl/α,β-unsaturated/α-hetero) is 1. The average molecular weight is 274 g/mol. The molecule has 1 fully saturated rings. The van der Waals surface area contributed by atoms with Crippen molar-refractivity contribution in [3.05, 3.63) is 36.0 Å². The Morgan fingerprint density at radius 1 is 1.10 bits per heavy atom. The van der Waals surface area contributed by atoms with Crippen molar-refractivity contribution in [3.63, 3.8) is 0 Å². The maximum Gasteiger partial charge on any atom is 0.163 e. The van der Waals surface area contributed by atoms with Gasteiger partial charge in [-0.1, -0.05) is 44.2 Å². The van der Waals surface area contributed by atoms with E-state index in [0.29, 0.717) is 11.7 Å². The summed E-state index contributed by atoms with van der Waals surface area (Å²) in [6.07, 6.45) is 15.5. The maximum absolute atomic E-state index is 12.4. The minimum Gasteiger partial charge on any atom is -0.294 e. The number of allylic oxidation sites excluding steroid dienone is 6. The lowest BCUT2D eigenvalue weighted by atomic mass is 9.75. The first-order valence-electron chi connectivity index (χ1n) is 8.07. The minimum absolute atomic E-state index is 0.300. The van der Waals surface area contributed by atoms with Crippen LogP contribution in [0.3, 0.4) is 0 Å². The molecule has 0 radical (unpaired) electrons. The molecule has 0 spiro atoms. The highest BCUT2D eigenvalue weighted by Crippen LogP contribution is 2.35. The molecule has 0 aromatic heterocycles. The fourth-order valence-corrected chi connectivity index (χ4v) is 3.06. The van der Waals surface area contributed by atoms with Gasteiger partial charge in [-0.15, -0.1) is 0 Å². The molecule has 1 rings (SSSR count). The van der Waals surface area contributed by atoms with Crippen molar-refractivity contribution in [2.45, 2.75) is 59.8 Å². The lowest BCUT2D eigenvalue weighted by molar-refractivity contribution is -0.116. The van der Waals surface area contributed by atoms with Gasteiger partial charge in [0, 0.05) is 12.0 Å². The van der Waals surface area contributed by atoms with Crippen LogP contribution in [0.25, 0.3) is 0 Å². The van der Waals surface area contributed by atoms with Gasteiger partial charge in [-0.3, -0.25) is 4.79 Å². The van der Waals surface area contributed by atoms with Crippen LogP contribution in [0.4, 0.5) is 0 Å². The molecule has 20 heavy (non-hydrogen) atoms. The summed E-state index contributed by atoms with van der Waals surface area (Å²) < 4.78 is 0. The van der Waals surface area contributed by atoms with Crippen LogP contribution in [0, 0.1) is 17.8 Å². The molecule has 0 amide bonds. The number of rotatable bonds is 6. The van der Waals surface area contributed by atoms with E-state index >= 15 is 0 Å². The van der Waals surface area contributed by atoms with E-state index in [-0.39, 0.29) is 0 Å². The topological polar surface area (TPSA) is 17.1 Å². The maximum atomic E-state index is 12.4. The molecular weight excluding hydrogens is 244 g/mol. The zero-order valence-corrected chi connectivity index (χ0v) is 13.6. The first-order chi connectivity index (χ1) is 9.58. The number of hydrogen-bond acceptors (Lipinski definition) is 1. The zero-order valence-electron chi connectivity index (χ0n) is 13.6. The molecule has 0 aliphatic heterocycles. The van der Waals surface area contributed by atoms with E-state index in [2.05, 4.69) is 13.8 Å². The molecule has 0 unspecified atom stereocenters. The normalized spacial score (nSPS) is 24.9. The fourth-order valence-electron chi connectivity index (χ4n) is 3.06. The van der Waals surface area contributed by atoms with E-state index in [9.17, 15) is 4.79 Å². The van der Waals surface area contributed by atoms with Crippen molar-refractivity contribution in [3.8, 4) is 0 Å². The summed E-state index contributed by atoms with van der Waals surface area (Å²) in [6.45, 7) is 8.58. The highest BCUT2D eigenvalue weighted by molar-refractivity contribution is 5.98. The van der Waals surface area contributed by atoms with Crippen molar-refractivity contribution in [2.24, 2.45) is 17.8 Å². The third kappa shape index (κ3) is 5.48. The molecule has 112 valence electrons. The van der Waals surface area contributed by atoms with E-state index < -0.39 is 0 Å². The quantitative estimate of drug-likeness (QED) is 0.462. The van der Waals surface area contributed by atoms with Crippen LogP contribution in [-0.4, -0.2) is 5.78 Å². The van der Waals surface area contributed by atoms with Gasteiger partial charge in [0.25, 0.3) is 0 Å². The van der Waals surface area contributed by atoms with Gasteiger partial charge in [-0.05, 0) is 57.3 Å². The van der Waals surface area contributed by atoms with Crippen LogP contribution < -0.4 is 0 Å². The lowest BCUT2D eigenvalue weighted by Gasteiger charge is -2.30. The Kier molecular flexibility index (Phi) is 7.58. The van der Waals surface area contributed by atoms with Crippen LogP contribution in [0.5, 0.6) is 0 Å². The lowest BCUT2D eigenvalue weighted by Crippen LogP contribution is -2.20. The predicted octanol–water partition coefficient (Wildman–Crippen LogP) is 5.49. The average Bonchev–Trinajstić information content (AvgIpc) is 2.43. The second-order valence-electron chi connectivity index (χ2n) is 6.30. The van der Waals surface area contributed by atoms with E-state index in [0.717, 1.165) is 23.8 Å². The summed E-state index contributed by atoms with van der Waals surface area (Å²) in [4.78, 5) is 12.4. The standard InChI is InChI=1S/C19H30O/c1-5-7-9-18(8-6-2)19(20)14-16-10-12-17(13-11-16)15(3)4/h5-9,15-17H,10-14H2,1-4H3/b7-5-,8-6+,18-9+. The van der Waals surface area contributed by atoms with Gasteiger partial charge >= 0.3 is 0 Å². The molecule has 1 aliphatic rings. The fraction of sp³-hybridized carbons (Fsp3) is 0.632. The molecule has 0 atom stereocenters. The molecule has 1 aliphatic carbocycles. The number of carbonyl (C=O) groups is 1. The largest absolute Gasteiger partial charge is 0.294 e. The molecule has 1 saturated carbocycles. The van der Waals surface area contributed by atoms with Crippen molar-refractivity contribution < 1.29 is 4.79 Å². The van der Waals surface area contributed by atoms with Gasteiger partial charge < -0.3 is 0 Å². The summed E-state index contributed by atoms with van der Waals surface area (Å²) in [5.41, 5.74) is 0.844. The van der Waals surface area contributed by atoms with E-state index in [1.807, 2.05) is 44.2 Å². The Morgan fingerprint density at radius 2 is 1.75 bits per heavy atom. The Labute approximate surface area is 124 Å². The first kappa shape index (κ1) is 16.9. The van der Waals surface area contributed by atoms with Crippen LogP contribution in [0.2, 0.25) is 0 Å². The van der Waals surface area contributed by atoms with Gasteiger partial charge in [0.05, 0.1) is 0 Å². The number of ketones is 1. The molecule has 0 N–H and O–H groups in total. The Bertz CT molecular complexity index is 377. The Morgan fingerprint density at radius 3 is 2.25 bits per heavy atom. The van der Waals surface area contributed by atoms with Crippen LogP contribution in [0.1, 0.15) is 59.8 Å². The number of hydrogen-bond donors (Lipinski definition) is 0. The van der Waals surface area contributed by atoms with Gasteiger partial charge in [0.1, 0.15) is 0 Å². The van der Waals surface area contributed by atoms with Crippen LogP contribution >= 0.6 is 0 Å². The van der Waals surface area contributed by atoms with Crippen LogP contribution in [0.15, 0.2) is 36.0 Å². The summed E-state index contributed by atoms with van der Waals surface area (Å²) in [5.74, 6) is 2.56. The van der Waals surface area contributed by atoms with Gasteiger partial charge in [0.2, 0.25) is 0 Å². The highest BCUT2D eigenvalue weighted by Gasteiger charge is 2.25. The monoisotopic (exact) mass is 274 g/mol. The molecule has 1 nitrogen and oxygen atoms in total. The van der Waals surface area contributed by atoms with Crippen molar-refractivity contribution in [1.82, 2.24) is 0 Å². The molecule has 0 saturated heterocycles. The molecule has 0 bridgehead atoms. The second-order valence-corrected chi connectivity index (χ2v) is 6.30. The Hall–Kier alpha value is -1.11. The number of carbonyl (C=O) groups excluding carboxylic acids is 1. The van der Waals surface area contributed by atoms with Gasteiger partial charge in [-0.25, -0.2) is 0 Å². The van der Waals surface area contributed by atoms with E-state index in [1.54, 1.807) is 0 Å². The van der Waals surface area contributed by atoms with Gasteiger partial charge in [-0.2, -0.15) is 0 Å². The molecular formula is C19H30O. The Balaban J connectivity index is 2.53. The van der Waals surface area contributed by atoms with Crippen molar-refractivity contribution in [1.29, 1.82) is 0 Å². The van der Waals surface area contributed by atoms with Crippen LogP contribution in [-0.2, 0) is 4.79 Å². The summed E-state index contributed by atoms with van der Waals surface area (Å²) in [6, 6.07) is 0. The van der Waals surface area contributed by atoms with Gasteiger partial charge in [0.15, 0.2) is 5.78 Å². The summed E-state index contributed by atoms with van der Waals surface area (Å²) in [7, 11) is 0.